The molecule has 0 N–H and O–H groups in total. The van der Waals surface area contributed by atoms with Crippen molar-refractivity contribution in [3.63, 3.8) is 0 Å². The second kappa shape index (κ2) is 5.39. The standard InChI is InChI=1S/C17H16N4O2/c1-9-5-12(11(3)22)14-13(6-9)17(23)21(4)16(20-14)15-18-7-10(2)8-19-15/h5-8H,1-4H3. The Morgan fingerprint density at radius 2 is 1.74 bits per heavy atom. The number of hydrogen-bond acceptors (Lipinski definition) is 5. The molecule has 0 bridgehead atoms. The summed E-state index contributed by atoms with van der Waals surface area (Å²) in [5.41, 5.74) is 2.37. The number of ketones is 1. The summed E-state index contributed by atoms with van der Waals surface area (Å²) in [5, 5.41) is 0.425. The Balaban J connectivity index is 2.41. The second-order valence-electron chi connectivity index (χ2n) is 5.65. The molecule has 0 atom stereocenters. The van der Waals surface area contributed by atoms with Crippen molar-refractivity contribution < 1.29 is 4.79 Å². The third kappa shape index (κ3) is 2.52. The van der Waals surface area contributed by atoms with Gasteiger partial charge in [0.15, 0.2) is 17.4 Å². The first-order chi connectivity index (χ1) is 10.9. The van der Waals surface area contributed by atoms with Gasteiger partial charge in [0.2, 0.25) is 0 Å². The van der Waals surface area contributed by atoms with Gasteiger partial charge in [-0.15, -0.1) is 0 Å². The average molecular weight is 308 g/mol. The third-order valence-corrected chi connectivity index (χ3v) is 3.68. The number of rotatable bonds is 2. The summed E-state index contributed by atoms with van der Waals surface area (Å²) in [6, 6.07) is 3.49. The number of hydrogen-bond donors (Lipinski definition) is 0. The van der Waals surface area contributed by atoms with E-state index < -0.39 is 0 Å². The van der Waals surface area contributed by atoms with Crippen molar-refractivity contribution in [1.29, 1.82) is 0 Å². The van der Waals surface area contributed by atoms with Crippen LogP contribution in [0.3, 0.4) is 0 Å². The Hall–Kier alpha value is -2.89. The van der Waals surface area contributed by atoms with Crippen LogP contribution in [0.1, 0.15) is 28.4 Å². The van der Waals surface area contributed by atoms with Gasteiger partial charge in [-0.25, -0.2) is 15.0 Å². The van der Waals surface area contributed by atoms with E-state index in [4.69, 9.17) is 0 Å². The van der Waals surface area contributed by atoms with Gasteiger partial charge < -0.3 is 0 Å². The molecule has 0 spiro atoms. The molecule has 6 heteroatoms. The molecule has 3 rings (SSSR count). The molecule has 23 heavy (non-hydrogen) atoms. The van der Waals surface area contributed by atoms with E-state index in [0.29, 0.717) is 28.1 Å². The summed E-state index contributed by atoms with van der Waals surface area (Å²) < 4.78 is 1.41. The van der Waals surface area contributed by atoms with E-state index in [-0.39, 0.29) is 11.3 Å². The normalized spacial score (nSPS) is 11.0. The van der Waals surface area contributed by atoms with Crippen molar-refractivity contribution in [1.82, 2.24) is 19.5 Å². The van der Waals surface area contributed by atoms with E-state index in [0.717, 1.165) is 11.1 Å². The number of fused-ring (bicyclic) bond motifs is 1. The van der Waals surface area contributed by atoms with E-state index >= 15 is 0 Å². The third-order valence-electron chi connectivity index (χ3n) is 3.68. The van der Waals surface area contributed by atoms with Gasteiger partial charge in [-0.2, -0.15) is 0 Å². The van der Waals surface area contributed by atoms with Gasteiger partial charge in [-0.3, -0.25) is 14.2 Å². The van der Waals surface area contributed by atoms with E-state index in [1.54, 1.807) is 31.6 Å². The fourth-order valence-electron chi connectivity index (χ4n) is 2.50. The van der Waals surface area contributed by atoms with Gasteiger partial charge in [-0.1, -0.05) is 0 Å². The van der Waals surface area contributed by atoms with Crippen molar-refractivity contribution in [3.8, 4) is 11.6 Å². The molecule has 2 heterocycles. The SMILES string of the molecule is CC(=O)c1cc(C)cc2c(=O)n(C)c(-c3ncc(C)cn3)nc12. The highest BCUT2D eigenvalue weighted by Crippen LogP contribution is 2.20. The van der Waals surface area contributed by atoms with Gasteiger partial charge in [0.1, 0.15) is 0 Å². The first kappa shape index (κ1) is 15.0. The van der Waals surface area contributed by atoms with Crippen LogP contribution in [0, 0.1) is 13.8 Å². The average Bonchev–Trinajstić information content (AvgIpc) is 2.51. The highest BCUT2D eigenvalue weighted by atomic mass is 16.1. The molecule has 1 aromatic carbocycles. The fourth-order valence-corrected chi connectivity index (χ4v) is 2.50. The summed E-state index contributed by atoms with van der Waals surface area (Å²) in [6.07, 6.45) is 3.33. The molecular weight excluding hydrogens is 292 g/mol. The molecular formula is C17H16N4O2. The maximum Gasteiger partial charge on any atom is 0.261 e. The number of nitrogens with zero attached hydrogens (tertiary/aromatic N) is 4. The van der Waals surface area contributed by atoms with Crippen LogP contribution in [0.2, 0.25) is 0 Å². The number of Topliss-reactive ketones (excluding diaryl/α,β-unsaturated/α-hetero) is 1. The predicted octanol–water partition coefficient (Wildman–Crippen LogP) is 2.21. The van der Waals surface area contributed by atoms with Crippen molar-refractivity contribution in [3.05, 3.63) is 51.6 Å². The van der Waals surface area contributed by atoms with Crippen LogP contribution in [0.25, 0.3) is 22.6 Å². The van der Waals surface area contributed by atoms with Crippen molar-refractivity contribution >= 4 is 16.7 Å². The topological polar surface area (TPSA) is 77.7 Å². The molecule has 0 saturated carbocycles. The molecule has 2 aromatic heterocycles. The quantitative estimate of drug-likeness (QED) is 0.678. The summed E-state index contributed by atoms with van der Waals surface area (Å²) in [5.74, 6) is 0.566. The Labute approximate surface area is 132 Å². The Bertz CT molecular complexity index is 988. The summed E-state index contributed by atoms with van der Waals surface area (Å²) in [4.78, 5) is 37.6. The lowest BCUT2D eigenvalue weighted by atomic mass is 10.0. The number of aromatic nitrogens is 4. The van der Waals surface area contributed by atoms with Gasteiger partial charge in [-0.05, 0) is 44.0 Å². The minimum absolute atomic E-state index is 0.129. The van der Waals surface area contributed by atoms with Crippen LogP contribution in [0.15, 0.2) is 29.3 Å². The number of carbonyl (C=O) groups excluding carboxylic acids is 1. The van der Waals surface area contributed by atoms with Crippen LogP contribution in [-0.4, -0.2) is 25.3 Å². The predicted molar refractivity (Wildman–Crippen MR) is 87.5 cm³/mol. The lowest BCUT2D eigenvalue weighted by molar-refractivity contribution is 0.101. The first-order valence-corrected chi connectivity index (χ1v) is 7.20. The molecule has 0 saturated heterocycles. The van der Waals surface area contributed by atoms with Crippen molar-refractivity contribution in [2.24, 2.45) is 7.05 Å². The molecule has 0 unspecified atom stereocenters. The molecule has 0 radical (unpaired) electrons. The van der Waals surface area contributed by atoms with Gasteiger partial charge >= 0.3 is 0 Å². The van der Waals surface area contributed by atoms with Crippen LogP contribution in [0.5, 0.6) is 0 Å². The van der Waals surface area contributed by atoms with Crippen molar-refractivity contribution in [2.45, 2.75) is 20.8 Å². The van der Waals surface area contributed by atoms with E-state index in [1.807, 2.05) is 13.8 Å². The van der Waals surface area contributed by atoms with Crippen LogP contribution in [0.4, 0.5) is 0 Å². The first-order valence-electron chi connectivity index (χ1n) is 7.20. The lowest BCUT2D eigenvalue weighted by Gasteiger charge is -2.11. The second-order valence-corrected chi connectivity index (χ2v) is 5.65. The van der Waals surface area contributed by atoms with Crippen LogP contribution in [-0.2, 0) is 7.05 Å². The van der Waals surface area contributed by atoms with Crippen molar-refractivity contribution in [2.75, 3.05) is 0 Å². The Morgan fingerprint density at radius 3 is 2.35 bits per heavy atom. The monoisotopic (exact) mass is 308 g/mol. The molecule has 0 aliphatic rings. The zero-order chi connectivity index (χ0) is 16.7. The largest absolute Gasteiger partial charge is 0.294 e. The summed E-state index contributed by atoms with van der Waals surface area (Å²) >= 11 is 0. The maximum absolute atomic E-state index is 12.7. The van der Waals surface area contributed by atoms with E-state index in [9.17, 15) is 9.59 Å². The number of aryl methyl sites for hydroxylation is 2. The van der Waals surface area contributed by atoms with Gasteiger partial charge in [0.05, 0.1) is 10.9 Å². The Kier molecular flexibility index (Phi) is 3.52. The molecule has 3 aromatic rings. The number of carbonyl (C=O) groups is 1. The zero-order valence-electron chi connectivity index (χ0n) is 13.4. The molecule has 0 aliphatic carbocycles. The molecule has 116 valence electrons. The van der Waals surface area contributed by atoms with Crippen LogP contribution < -0.4 is 5.56 Å². The minimum atomic E-state index is -0.222. The smallest absolute Gasteiger partial charge is 0.261 e. The summed E-state index contributed by atoms with van der Waals surface area (Å²) in [7, 11) is 1.63. The molecule has 6 nitrogen and oxygen atoms in total. The lowest BCUT2D eigenvalue weighted by Crippen LogP contribution is -2.22. The zero-order valence-corrected chi connectivity index (χ0v) is 13.4. The van der Waals surface area contributed by atoms with E-state index in [2.05, 4.69) is 15.0 Å². The van der Waals surface area contributed by atoms with E-state index in [1.165, 1.54) is 11.5 Å². The Morgan fingerprint density at radius 1 is 1.09 bits per heavy atom. The maximum atomic E-state index is 12.7. The molecule has 0 amide bonds. The van der Waals surface area contributed by atoms with Gasteiger partial charge in [0.25, 0.3) is 5.56 Å². The summed E-state index contributed by atoms with van der Waals surface area (Å²) in [6.45, 7) is 5.20. The highest BCUT2D eigenvalue weighted by molar-refractivity contribution is 6.05. The van der Waals surface area contributed by atoms with Gasteiger partial charge in [0, 0.05) is 25.0 Å². The number of benzene rings is 1. The molecule has 0 fully saturated rings. The molecule has 0 aliphatic heterocycles. The highest BCUT2D eigenvalue weighted by Gasteiger charge is 2.16. The van der Waals surface area contributed by atoms with Crippen LogP contribution >= 0.6 is 0 Å². The fraction of sp³-hybridized carbons (Fsp3) is 0.235. The minimum Gasteiger partial charge on any atom is -0.294 e.